The molecule has 17 heavy (non-hydrogen) atoms. The Labute approximate surface area is 107 Å². The van der Waals surface area contributed by atoms with Gasteiger partial charge in [0.25, 0.3) is 0 Å². The van der Waals surface area contributed by atoms with Crippen LogP contribution in [0.1, 0.15) is 30.4 Å². The molecule has 1 N–H and O–H groups in total. The van der Waals surface area contributed by atoms with Gasteiger partial charge in [0.05, 0.1) is 5.56 Å². The molecular formula is C13H17N3S. The molecule has 0 aliphatic heterocycles. The first-order valence-corrected chi connectivity index (χ1v) is 7.18. The van der Waals surface area contributed by atoms with E-state index in [-0.39, 0.29) is 0 Å². The van der Waals surface area contributed by atoms with E-state index >= 15 is 0 Å². The second kappa shape index (κ2) is 5.42. The molecule has 1 fully saturated rings. The van der Waals surface area contributed by atoms with Crippen molar-refractivity contribution in [3.05, 3.63) is 23.4 Å². The molecule has 0 radical (unpaired) electrons. The number of aromatic nitrogens is 1. The highest BCUT2D eigenvalue weighted by Crippen LogP contribution is 2.30. The second-order valence-electron chi connectivity index (χ2n) is 4.48. The zero-order valence-electron chi connectivity index (χ0n) is 10.2. The van der Waals surface area contributed by atoms with Crippen molar-refractivity contribution in [2.45, 2.75) is 37.5 Å². The third-order valence-electron chi connectivity index (χ3n) is 3.33. The molecule has 90 valence electrons. The lowest BCUT2D eigenvalue weighted by atomic mass is 10.1. The molecule has 1 aliphatic rings. The van der Waals surface area contributed by atoms with Gasteiger partial charge in [-0.3, -0.25) is 0 Å². The number of thioether (sulfide) groups is 1. The molecule has 0 amide bonds. The number of nitrogens with one attached hydrogen (secondary N) is 1. The van der Waals surface area contributed by atoms with Crippen molar-refractivity contribution in [3.63, 3.8) is 0 Å². The van der Waals surface area contributed by atoms with Crippen LogP contribution in [0.3, 0.4) is 0 Å². The van der Waals surface area contributed by atoms with Crippen molar-refractivity contribution < 1.29 is 0 Å². The van der Waals surface area contributed by atoms with Crippen molar-refractivity contribution in [1.29, 1.82) is 5.26 Å². The minimum atomic E-state index is 0.467. The fourth-order valence-corrected chi connectivity index (χ4v) is 3.08. The fourth-order valence-electron chi connectivity index (χ4n) is 2.29. The maximum absolute atomic E-state index is 9.14. The van der Waals surface area contributed by atoms with E-state index in [9.17, 15) is 0 Å². The van der Waals surface area contributed by atoms with E-state index in [0.717, 1.165) is 16.6 Å². The Hall–Kier alpha value is -1.21. The van der Waals surface area contributed by atoms with Crippen LogP contribution in [0.25, 0.3) is 0 Å². The third-order valence-corrected chi connectivity index (χ3v) is 4.42. The van der Waals surface area contributed by atoms with Crippen LogP contribution in [0, 0.1) is 18.3 Å². The van der Waals surface area contributed by atoms with Gasteiger partial charge in [-0.25, -0.2) is 4.98 Å². The van der Waals surface area contributed by atoms with Gasteiger partial charge in [-0.05, 0) is 44.1 Å². The molecule has 2 unspecified atom stereocenters. The zero-order chi connectivity index (χ0) is 12.3. The van der Waals surface area contributed by atoms with Gasteiger partial charge in [-0.15, -0.1) is 0 Å². The van der Waals surface area contributed by atoms with Crippen molar-refractivity contribution >= 4 is 17.6 Å². The molecule has 1 aromatic heterocycles. The first-order chi connectivity index (χ1) is 8.24. The molecule has 1 aliphatic carbocycles. The first-order valence-electron chi connectivity index (χ1n) is 5.89. The topological polar surface area (TPSA) is 48.7 Å². The van der Waals surface area contributed by atoms with Crippen molar-refractivity contribution in [2.75, 3.05) is 11.6 Å². The second-order valence-corrected chi connectivity index (χ2v) is 5.61. The standard InChI is InChI=1S/C13H17N3S/c1-9-5-6-15-13(12(9)8-14)16-10-3-4-11(7-10)17-2/h5-6,10-11H,3-4,7H2,1-2H3,(H,15,16). The molecular weight excluding hydrogens is 230 g/mol. The Kier molecular flexibility index (Phi) is 3.90. The van der Waals surface area contributed by atoms with E-state index in [0.29, 0.717) is 11.6 Å². The van der Waals surface area contributed by atoms with Crippen LogP contribution in [0.2, 0.25) is 0 Å². The molecule has 2 atom stereocenters. The Balaban J connectivity index is 2.10. The molecule has 1 heterocycles. The van der Waals surface area contributed by atoms with E-state index in [1.54, 1.807) is 6.20 Å². The lowest BCUT2D eigenvalue weighted by Gasteiger charge is -2.15. The molecule has 0 aromatic carbocycles. The fraction of sp³-hybridized carbons (Fsp3) is 0.538. The van der Waals surface area contributed by atoms with Crippen LogP contribution < -0.4 is 5.32 Å². The van der Waals surface area contributed by atoms with Gasteiger partial charge in [-0.2, -0.15) is 17.0 Å². The quantitative estimate of drug-likeness (QED) is 0.892. The van der Waals surface area contributed by atoms with Crippen LogP contribution in [-0.4, -0.2) is 22.5 Å². The number of pyridine rings is 1. The number of aryl methyl sites for hydroxylation is 1. The highest BCUT2D eigenvalue weighted by atomic mass is 32.2. The van der Waals surface area contributed by atoms with E-state index in [1.807, 2.05) is 24.8 Å². The average molecular weight is 247 g/mol. The Morgan fingerprint density at radius 2 is 2.35 bits per heavy atom. The number of nitrogens with zero attached hydrogens (tertiary/aromatic N) is 2. The van der Waals surface area contributed by atoms with Gasteiger partial charge in [-0.1, -0.05) is 0 Å². The molecule has 3 nitrogen and oxygen atoms in total. The molecule has 0 bridgehead atoms. The number of hydrogen-bond acceptors (Lipinski definition) is 4. The number of rotatable bonds is 3. The molecule has 1 saturated carbocycles. The molecule has 0 spiro atoms. The van der Waals surface area contributed by atoms with Gasteiger partial charge in [0.2, 0.25) is 0 Å². The predicted octanol–water partition coefficient (Wildman–Crippen LogP) is 2.96. The van der Waals surface area contributed by atoms with Crippen molar-refractivity contribution in [1.82, 2.24) is 4.98 Å². The normalized spacial score (nSPS) is 23.4. The Morgan fingerprint density at radius 1 is 1.53 bits per heavy atom. The summed E-state index contributed by atoms with van der Waals surface area (Å²) >= 11 is 1.93. The molecule has 2 rings (SSSR count). The monoisotopic (exact) mass is 247 g/mol. The molecule has 0 saturated heterocycles. The summed E-state index contributed by atoms with van der Waals surface area (Å²) in [6.07, 6.45) is 7.53. The van der Waals surface area contributed by atoms with Gasteiger partial charge in [0.1, 0.15) is 11.9 Å². The highest BCUT2D eigenvalue weighted by Gasteiger charge is 2.24. The number of anilines is 1. The SMILES string of the molecule is CSC1CCC(Nc2nccc(C)c2C#N)C1. The largest absolute Gasteiger partial charge is 0.366 e. The van der Waals surface area contributed by atoms with Crippen molar-refractivity contribution in [3.8, 4) is 6.07 Å². The minimum Gasteiger partial charge on any atom is -0.366 e. The summed E-state index contributed by atoms with van der Waals surface area (Å²) < 4.78 is 0. The molecule has 4 heteroatoms. The average Bonchev–Trinajstić information content (AvgIpc) is 2.77. The smallest absolute Gasteiger partial charge is 0.144 e. The lowest BCUT2D eigenvalue weighted by molar-refractivity contribution is 0.751. The first kappa shape index (κ1) is 12.3. The van der Waals surface area contributed by atoms with Crippen LogP contribution in [0.4, 0.5) is 5.82 Å². The van der Waals surface area contributed by atoms with Crippen molar-refractivity contribution in [2.24, 2.45) is 0 Å². The van der Waals surface area contributed by atoms with Gasteiger partial charge in [0.15, 0.2) is 0 Å². The van der Waals surface area contributed by atoms with Crippen LogP contribution >= 0.6 is 11.8 Å². The summed E-state index contributed by atoms with van der Waals surface area (Å²) in [5.74, 6) is 0.749. The predicted molar refractivity (Wildman–Crippen MR) is 72.3 cm³/mol. The van der Waals surface area contributed by atoms with Gasteiger partial charge in [0, 0.05) is 17.5 Å². The highest BCUT2D eigenvalue weighted by molar-refractivity contribution is 7.99. The zero-order valence-corrected chi connectivity index (χ0v) is 11.0. The Bertz CT molecular complexity index is 439. The maximum atomic E-state index is 9.14. The Morgan fingerprint density at radius 3 is 3.00 bits per heavy atom. The van der Waals surface area contributed by atoms with Gasteiger partial charge >= 0.3 is 0 Å². The summed E-state index contributed by atoms with van der Waals surface area (Å²) in [6, 6.07) is 4.58. The summed E-state index contributed by atoms with van der Waals surface area (Å²) in [5, 5.41) is 13.3. The third kappa shape index (κ3) is 2.73. The number of nitriles is 1. The summed E-state index contributed by atoms with van der Waals surface area (Å²) in [5.41, 5.74) is 1.67. The summed E-state index contributed by atoms with van der Waals surface area (Å²) in [7, 11) is 0. The summed E-state index contributed by atoms with van der Waals surface area (Å²) in [6.45, 7) is 1.95. The van der Waals surface area contributed by atoms with Crippen LogP contribution in [-0.2, 0) is 0 Å². The lowest BCUT2D eigenvalue weighted by Crippen LogP contribution is -2.18. The summed E-state index contributed by atoms with van der Waals surface area (Å²) in [4.78, 5) is 4.28. The van der Waals surface area contributed by atoms with E-state index < -0.39 is 0 Å². The minimum absolute atomic E-state index is 0.467. The maximum Gasteiger partial charge on any atom is 0.144 e. The van der Waals surface area contributed by atoms with Gasteiger partial charge < -0.3 is 5.32 Å². The van der Waals surface area contributed by atoms with E-state index in [1.165, 1.54) is 19.3 Å². The van der Waals surface area contributed by atoms with Crippen LogP contribution in [0.5, 0.6) is 0 Å². The van der Waals surface area contributed by atoms with E-state index in [2.05, 4.69) is 22.6 Å². The van der Waals surface area contributed by atoms with E-state index in [4.69, 9.17) is 5.26 Å². The molecule has 1 aromatic rings. The van der Waals surface area contributed by atoms with Crippen LogP contribution in [0.15, 0.2) is 12.3 Å². The number of hydrogen-bond donors (Lipinski definition) is 1.